The van der Waals surface area contributed by atoms with Gasteiger partial charge in [0.15, 0.2) is 0 Å². The van der Waals surface area contributed by atoms with Crippen molar-refractivity contribution in [2.45, 2.75) is 6.92 Å². The molecule has 3 aromatic rings. The number of aryl methyl sites for hydroxylation is 1. The first-order valence-electron chi connectivity index (χ1n) is 7.40. The van der Waals surface area contributed by atoms with Crippen LogP contribution in [0.4, 0.5) is 0 Å². The van der Waals surface area contributed by atoms with Gasteiger partial charge in [0, 0.05) is 5.39 Å². The number of hydrogen-bond donors (Lipinski definition) is 0. The van der Waals surface area contributed by atoms with Gasteiger partial charge in [-0.2, -0.15) is 0 Å². The summed E-state index contributed by atoms with van der Waals surface area (Å²) >= 11 is 0. The topological polar surface area (TPSA) is 35.5 Å². The molecule has 0 saturated carbocycles. The first kappa shape index (κ1) is 15.1. The SMILES string of the molecule is COC(=O)c1cc(-c2ccc(C)cc2)c2cccc(OC)c2c1. The van der Waals surface area contributed by atoms with E-state index in [0.29, 0.717) is 5.56 Å². The number of esters is 1. The van der Waals surface area contributed by atoms with E-state index in [1.54, 1.807) is 7.11 Å². The van der Waals surface area contributed by atoms with Crippen LogP contribution in [0.5, 0.6) is 5.75 Å². The Hall–Kier alpha value is -2.81. The summed E-state index contributed by atoms with van der Waals surface area (Å²) in [7, 11) is 3.02. The van der Waals surface area contributed by atoms with Gasteiger partial charge in [0.2, 0.25) is 0 Å². The van der Waals surface area contributed by atoms with Gasteiger partial charge in [-0.1, -0.05) is 42.0 Å². The van der Waals surface area contributed by atoms with Crippen molar-refractivity contribution in [3.63, 3.8) is 0 Å². The smallest absolute Gasteiger partial charge is 0.337 e. The molecule has 0 atom stereocenters. The standard InChI is InChI=1S/C20H18O3/c1-13-7-9-14(10-8-13)17-11-15(20(21)23-3)12-18-16(17)5-4-6-19(18)22-2/h4-12H,1-3H3. The minimum absolute atomic E-state index is 0.355. The highest BCUT2D eigenvalue weighted by atomic mass is 16.5. The molecule has 3 aromatic carbocycles. The Kier molecular flexibility index (Phi) is 4.02. The third-order valence-corrected chi connectivity index (χ3v) is 3.96. The molecule has 0 fully saturated rings. The Morgan fingerprint density at radius 3 is 2.30 bits per heavy atom. The fraction of sp³-hybridized carbons (Fsp3) is 0.150. The molecule has 116 valence electrons. The molecule has 0 radical (unpaired) electrons. The second-order valence-electron chi connectivity index (χ2n) is 5.44. The van der Waals surface area contributed by atoms with Crippen molar-refractivity contribution < 1.29 is 14.3 Å². The molecule has 0 heterocycles. The maximum Gasteiger partial charge on any atom is 0.337 e. The molecular weight excluding hydrogens is 288 g/mol. The highest BCUT2D eigenvalue weighted by molar-refractivity contribution is 6.05. The van der Waals surface area contributed by atoms with Crippen LogP contribution < -0.4 is 4.74 Å². The maximum absolute atomic E-state index is 12.0. The second-order valence-corrected chi connectivity index (χ2v) is 5.44. The normalized spacial score (nSPS) is 10.6. The Morgan fingerprint density at radius 1 is 0.913 bits per heavy atom. The van der Waals surface area contributed by atoms with E-state index in [4.69, 9.17) is 9.47 Å². The molecule has 0 bridgehead atoms. The van der Waals surface area contributed by atoms with Crippen molar-refractivity contribution in [1.29, 1.82) is 0 Å². The summed E-state index contributed by atoms with van der Waals surface area (Å²) in [5, 5.41) is 1.94. The number of hydrogen-bond acceptors (Lipinski definition) is 3. The summed E-state index contributed by atoms with van der Waals surface area (Å²) in [6.07, 6.45) is 0. The first-order chi connectivity index (χ1) is 11.1. The lowest BCUT2D eigenvalue weighted by Crippen LogP contribution is -2.02. The van der Waals surface area contributed by atoms with Crippen molar-refractivity contribution in [3.8, 4) is 16.9 Å². The molecule has 3 rings (SSSR count). The van der Waals surface area contributed by atoms with Crippen molar-refractivity contribution in [1.82, 2.24) is 0 Å². The van der Waals surface area contributed by atoms with Crippen LogP contribution in [0.1, 0.15) is 15.9 Å². The van der Waals surface area contributed by atoms with Gasteiger partial charge in [0.1, 0.15) is 5.75 Å². The summed E-state index contributed by atoms with van der Waals surface area (Å²) in [5.41, 5.74) is 3.75. The molecule has 0 saturated heterocycles. The summed E-state index contributed by atoms with van der Waals surface area (Å²) in [5.74, 6) is 0.382. The lowest BCUT2D eigenvalue weighted by Gasteiger charge is -2.12. The molecule has 0 N–H and O–H groups in total. The van der Waals surface area contributed by atoms with E-state index in [0.717, 1.165) is 27.6 Å². The lowest BCUT2D eigenvalue weighted by molar-refractivity contribution is 0.0601. The Bertz CT molecular complexity index is 864. The third kappa shape index (κ3) is 2.78. The van der Waals surface area contributed by atoms with E-state index in [1.807, 2.05) is 30.3 Å². The summed E-state index contributed by atoms with van der Waals surface area (Å²) < 4.78 is 10.3. The van der Waals surface area contributed by atoms with Gasteiger partial charge >= 0.3 is 5.97 Å². The highest BCUT2D eigenvalue weighted by Gasteiger charge is 2.14. The van der Waals surface area contributed by atoms with Crippen LogP contribution in [0.3, 0.4) is 0 Å². The number of carbonyl (C=O) groups is 1. The maximum atomic E-state index is 12.0. The van der Waals surface area contributed by atoms with Crippen molar-refractivity contribution in [3.05, 3.63) is 65.7 Å². The van der Waals surface area contributed by atoms with Gasteiger partial charge in [-0.15, -0.1) is 0 Å². The number of ether oxygens (including phenoxy) is 2. The monoisotopic (exact) mass is 306 g/mol. The molecule has 0 aliphatic heterocycles. The molecule has 0 aliphatic rings. The zero-order valence-electron chi connectivity index (χ0n) is 13.4. The van der Waals surface area contributed by atoms with Gasteiger partial charge in [0.05, 0.1) is 19.8 Å². The van der Waals surface area contributed by atoms with Crippen molar-refractivity contribution in [2.75, 3.05) is 14.2 Å². The molecule has 0 amide bonds. The largest absolute Gasteiger partial charge is 0.496 e. The van der Waals surface area contributed by atoms with Crippen LogP contribution in [0.25, 0.3) is 21.9 Å². The highest BCUT2D eigenvalue weighted by Crippen LogP contribution is 2.35. The average molecular weight is 306 g/mol. The number of benzene rings is 3. The molecule has 3 heteroatoms. The lowest BCUT2D eigenvalue weighted by atomic mass is 9.94. The zero-order valence-corrected chi connectivity index (χ0v) is 13.4. The van der Waals surface area contributed by atoms with E-state index >= 15 is 0 Å². The molecule has 0 aromatic heterocycles. The molecule has 0 spiro atoms. The van der Waals surface area contributed by atoms with Crippen molar-refractivity contribution in [2.24, 2.45) is 0 Å². The van der Waals surface area contributed by atoms with Gasteiger partial charge in [-0.3, -0.25) is 0 Å². The Labute approximate surface area is 135 Å². The number of rotatable bonds is 3. The predicted octanol–water partition coefficient (Wildman–Crippen LogP) is 4.61. The predicted molar refractivity (Wildman–Crippen MR) is 92.0 cm³/mol. The number of fused-ring (bicyclic) bond motifs is 1. The van der Waals surface area contributed by atoms with Gasteiger partial charge in [-0.25, -0.2) is 4.79 Å². The van der Waals surface area contributed by atoms with Crippen LogP contribution in [0.15, 0.2) is 54.6 Å². The van der Waals surface area contributed by atoms with Crippen LogP contribution in [0, 0.1) is 6.92 Å². The fourth-order valence-corrected chi connectivity index (χ4v) is 2.74. The van der Waals surface area contributed by atoms with Gasteiger partial charge in [0.25, 0.3) is 0 Å². The minimum atomic E-state index is -0.355. The molecule has 0 aliphatic carbocycles. The van der Waals surface area contributed by atoms with Crippen LogP contribution in [-0.4, -0.2) is 20.2 Å². The average Bonchev–Trinajstić information content (AvgIpc) is 2.60. The Morgan fingerprint density at radius 2 is 1.65 bits per heavy atom. The molecule has 0 unspecified atom stereocenters. The third-order valence-electron chi connectivity index (χ3n) is 3.96. The molecule has 23 heavy (non-hydrogen) atoms. The van der Waals surface area contributed by atoms with Gasteiger partial charge < -0.3 is 9.47 Å². The van der Waals surface area contributed by atoms with Crippen LogP contribution >= 0.6 is 0 Å². The zero-order chi connectivity index (χ0) is 16.4. The van der Waals surface area contributed by atoms with E-state index in [-0.39, 0.29) is 5.97 Å². The molecular formula is C20H18O3. The summed E-state index contributed by atoms with van der Waals surface area (Å²) in [6.45, 7) is 2.05. The van der Waals surface area contributed by atoms with E-state index in [1.165, 1.54) is 12.7 Å². The van der Waals surface area contributed by atoms with Crippen LogP contribution in [0.2, 0.25) is 0 Å². The number of carbonyl (C=O) groups excluding carboxylic acids is 1. The minimum Gasteiger partial charge on any atom is -0.496 e. The Balaban J connectivity index is 2.34. The quantitative estimate of drug-likeness (QED) is 0.663. The fourth-order valence-electron chi connectivity index (χ4n) is 2.74. The molecule has 3 nitrogen and oxygen atoms in total. The van der Waals surface area contributed by atoms with Crippen LogP contribution in [-0.2, 0) is 4.74 Å². The second kappa shape index (κ2) is 6.13. The van der Waals surface area contributed by atoms with Crippen molar-refractivity contribution >= 4 is 16.7 Å². The van der Waals surface area contributed by atoms with E-state index in [2.05, 4.69) is 31.2 Å². The number of methoxy groups -OCH3 is 2. The summed E-state index contributed by atoms with van der Waals surface area (Å²) in [4.78, 5) is 12.0. The summed E-state index contributed by atoms with van der Waals surface area (Å²) in [6, 6.07) is 17.8. The van der Waals surface area contributed by atoms with Gasteiger partial charge in [-0.05, 0) is 41.6 Å². The van der Waals surface area contributed by atoms with E-state index < -0.39 is 0 Å². The van der Waals surface area contributed by atoms with E-state index in [9.17, 15) is 4.79 Å². The first-order valence-corrected chi connectivity index (χ1v) is 7.40.